The Kier molecular flexibility index (Phi) is 5.98. The summed E-state index contributed by atoms with van der Waals surface area (Å²) in [6, 6.07) is 16.7. The second-order valence-corrected chi connectivity index (χ2v) is 6.94. The van der Waals surface area contributed by atoms with Crippen molar-refractivity contribution >= 4 is 11.7 Å². The number of oxazole rings is 1. The number of rotatable bonds is 7. The molecule has 8 heteroatoms. The van der Waals surface area contributed by atoms with E-state index in [-0.39, 0.29) is 6.03 Å². The van der Waals surface area contributed by atoms with Gasteiger partial charge in [-0.25, -0.2) is 14.5 Å². The Hall–Kier alpha value is -4.07. The number of aryl methyl sites for hydroxylation is 1. The Morgan fingerprint density at radius 1 is 1.16 bits per heavy atom. The Morgan fingerprint density at radius 2 is 2.00 bits per heavy atom. The van der Waals surface area contributed by atoms with Crippen LogP contribution in [0.25, 0.3) is 17.1 Å². The Labute approximate surface area is 179 Å². The molecule has 0 radical (unpaired) electrons. The first kappa shape index (κ1) is 20.2. The van der Waals surface area contributed by atoms with E-state index < -0.39 is 0 Å². The molecule has 0 aliphatic heterocycles. The third-order valence-electron chi connectivity index (χ3n) is 4.74. The van der Waals surface area contributed by atoms with Crippen LogP contribution < -0.4 is 15.4 Å². The van der Waals surface area contributed by atoms with E-state index in [1.807, 2.05) is 66.2 Å². The predicted octanol–water partition coefficient (Wildman–Crippen LogP) is 4.21. The first-order chi connectivity index (χ1) is 15.1. The summed E-state index contributed by atoms with van der Waals surface area (Å²) in [7, 11) is 1.62. The van der Waals surface area contributed by atoms with Crippen LogP contribution in [0.1, 0.15) is 11.4 Å². The van der Waals surface area contributed by atoms with E-state index in [2.05, 4.69) is 20.7 Å². The molecule has 2 N–H and O–H groups in total. The van der Waals surface area contributed by atoms with Crippen LogP contribution in [-0.2, 0) is 6.42 Å². The van der Waals surface area contributed by atoms with Gasteiger partial charge in [0.1, 0.15) is 12.0 Å². The second-order valence-electron chi connectivity index (χ2n) is 6.94. The maximum atomic E-state index is 12.3. The van der Waals surface area contributed by atoms with Crippen molar-refractivity contribution in [3.05, 3.63) is 78.4 Å². The van der Waals surface area contributed by atoms with Gasteiger partial charge >= 0.3 is 6.03 Å². The van der Waals surface area contributed by atoms with Gasteiger partial charge in [0.15, 0.2) is 0 Å². The topological polar surface area (TPSA) is 94.2 Å². The summed E-state index contributed by atoms with van der Waals surface area (Å²) < 4.78 is 12.5. The molecule has 0 saturated carbocycles. The second kappa shape index (κ2) is 9.17. The molecule has 4 aromatic rings. The van der Waals surface area contributed by atoms with E-state index in [4.69, 9.17) is 9.15 Å². The number of hydrogen-bond acceptors (Lipinski definition) is 5. The zero-order valence-corrected chi connectivity index (χ0v) is 17.3. The van der Waals surface area contributed by atoms with Crippen molar-refractivity contribution in [1.82, 2.24) is 20.1 Å². The highest BCUT2D eigenvalue weighted by Gasteiger charge is 2.09. The number of benzene rings is 2. The molecular weight excluding hydrogens is 394 g/mol. The maximum absolute atomic E-state index is 12.3. The van der Waals surface area contributed by atoms with E-state index in [9.17, 15) is 4.79 Å². The lowest BCUT2D eigenvalue weighted by atomic mass is 10.2. The smallest absolute Gasteiger partial charge is 0.319 e. The predicted molar refractivity (Wildman–Crippen MR) is 118 cm³/mol. The summed E-state index contributed by atoms with van der Waals surface area (Å²) in [5, 5.41) is 9.97. The molecule has 0 fully saturated rings. The van der Waals surface area contributed by atoms with E-state index >= 15 is 0 Å². The normalized spacial score (nSPS) is 10.6. The monoisotopic (exact) mass is 417 g/mol. The number of amides is 2. The molecule has 8 nitrogen and oxygen atoms in total. The molecule has 0 spiro atoms. The van der Waals surface area contributed by atoms with Crippen LogP contribution in [0.15, 0.2) is 71.5 Å². The molecule has 0 aliphatic rings. The van der Waals surface area contributed by atoms with Crippen LogP contribution in [0.5, 0.6) is 5.75 Å². The minimum absolute atomic E-state index is 0.284. The molecule has 0 unspecified atom stereocenters. The van der Waals surface area contributed by atoms with Crippen molar-refractivity contribution in [2.75, 3.05) is 19.0 Å². The molecule has 2 amide bonds. The first-order valence-corrected chi connectivity index (χ1v) is 9.87. The lowest BCUT2D eigenvalue weighted by Gasteiger charge is -2.09. The van der Waals surface area contributed by atoms with Crippen molar-refractivity contribution in [2.45, 2.75) is 13.3 Å². The van der Waals surface area contributed by atoms with Gasteiger partial charge in [-0.05, 0) is 55.5 Å². The maximum Gasteiger partial charge on any atom is 0.319 e. The van der Waals surface area contributed by atoms with Crippen LogP contribution in [0.4, 0.5) is 10.5 Å². The number of carbonyl (C=O) groups is 1. The summed E-state index contributed by atoms with van der Waals surface area (Å²) in [4.78, 5) is 16.7. The van der Waals surface area contributed by atoms with E-state index in [1.165, 1.54) is 0 Å². The van der Waals surface area contributed by atoms with Crippen molar-refractivity contribution < 1.29 is 13.9 Å². The lowest BCUT2D eigenvalue weighted by Crippen LogP contribution is -2.30. The standard InChI is InChI=1S/C23H23N5O3/c1-16-10-13-25-28(16)20-5-3-4-18(14-20)27-23(29)24-12-11-19-15-31-22(26-19)17-6-8-21(30-2)9-7-17/h3-10,13-15H,11-12H2,1-2H3,(H2,24,27,29). The molecule has 2 aromatic heterocycles. The molecule has 31 heavy (non-hydrogen) atoms. The van der Waals surface area contributed by atoms with E-state index in [0.29, 0.717) is 24.5 Å². The Bertz CT molecular complexity index is 1160. The Morgan fingerprint density at radius 3 is 2.74 bits per heavy atom. The lowest BCUT2D eigenvalue weighted by molar-refractivity contribution is 0.252. The highest BCUT2D eigenvalue weighted by atomic mass is 16.5. The number of hydrogen-bond donors (Lipinski definition) is 2. The molecular formula is C23H23N5O3. The number of carbonyl (C=O) groups excluding carboxylic acids is 1. The van der Waals surface area contributed by atoms with Crippen molar-refractivity contribution in [3.8, 4) is 22.9 Å². The highest BCUT2D eigenvalue weighted by molar-refractivity contribution is 5.89. The largest absolute Gasteiger partial charge is 0.497 e. The molecule has 0 atom stereocenters. The third-order valence-corrected chi connectivity index (χ3v) is 4.74. The summed E-state index contributed by atoms with van der Waals surface area (Å²) in [5.41, 5.74) is 4.22. The first-order valence-electron chi connectivity index (χ1n) is 9.87. The SMILES string of the molecule is COc1ccc(-c2nc(CCNC(=O)Nc3cccc(-n4nccc4C)c3)co2)cc1. The number of urea groups is 1. The average Bonchev–Trinajstić information content (AvgIpc) is 3.43. The van der Waals surface area contributed by atoms with Crippen LogP contribution >= 0.6 is 0 Å². The zero-order valence-electron chi connectivity index (χ0n) is 17.3. The minimum atomic E-state index is -0.284. The number of ether oxygens (including phenoxy) is 1. The zero-order chi connectivity index (χ0) is 21.6. The average molecular weight is 417 g/mol. The number of nitrogens with one attached hydrogen (secondary N) is 2. The van der Waals surface area contributed by atoms with Gasteiger partial charge in [0.2, 0.25) is 5.89 Å². The fourth-order valence-electron chi connectivity index (χ4n) is 3.12. The fraction of sp³-hybridized carbons (Fsp3) is 0.174. The Balaban J connectivity index is 1.29. The van der Waals surface area contributed by atoms with Gasteiger partial charge < -0.3 is 19.8 Å². The van der Waals surface area contributed by atoms with E-state index in [1.54, 1.807) is 19.6 Å². The van der Waals surface area contributed by atoms with Gasteiger partial charge in [0.05, 0.1) is 18.5 Å². The van der Waals surface area contributed by atoms with Gasteiger partial charge in [-0.2, -0.15) is 5.10 Å². The van der Waals surface area contributed by atoms with Gasteiger partial charge in [-0.15, -0.1) is 0 Å². The molecule has 2 heterocycles. The van der Waals surface area contributed by atoms with Crippen LogP contribution in [0.2, 0.25) is 0 Å². The molecule has 4 rings (SSSR count). The summed E-state index contributed by atoms with van der Waals surface area (Å²) in [6.45, 7) is 2.40. The number of anilines is 1. The van der Waals surface area contributed by atoms with Crippen molar-refractivity contribution in [1.29, 1.82) is 0 Å². The summed E-state index contributed by atoms with van der Waals surface area (Å²) >= 11 is 0. The number of nitrogens with zero attached hydrogens (tertiary/aromatic N) is 3. The third kappa shape index (κ3) is 4.92. The van der Waals surface area contributed by atoms with Gasteiger partial charge in [-0.1, -0.05) is 6.07 Å². The highest BCUT2D eigenvalue weighted by Crippen LogP contribution is 2.22. The summed E-state index contributed by atoms with van der Waals surface area (Å²) in [5.74, 6) is 1.31. The van der Waals surface area contributed by atoms with Gasteiger partial charge in [0, 0.05) is 36.1 Å². The molecule has 2 aromatic carbocycles. The van der Waals surface area contributed by atoms with Gasteiger partial charge in [-0.3, -0.25) is 0 Å². The summed E-state index contributed by atoms with van der Waals surface area (Å²) in [6.07, 6.45) is 3.90. The number of aromatic nitrogens is 3. The minimum Gasteiger partial charge on any atom is -0.497 e. The van der Waals surface area contributed by atoms with Crippen molar-refractivity contribution in [3.63, 3.8) is 0 Å². The molecule has 0 saturated heterocycles. The van der Waals surface area contributed by atoms with Gasteiger partial charge in [0.25, 0.3) is 0 Å². The van der Waals surface area contributed by atoms with Crippen molar-refractivity contribution in [2.24, 2.45) is 0 Å². The molecule has 0 bridgehead atoms. The molecule has 158 valence electrons. The number of methoxy groups -OCH3 is 1. The van der Waals surface area contributed by atoms with Crippen LogP contribution in [0.3, 0.4) is 0 Å². The molecule has 0 aliphatic carbocycles. The fourth-order valence-corrected chi connectivity index (χ4v) is 3.12. The van der Waals surface area contributed by atoms with Crippen LogP contribution in [-0.4, -0.2) is 34.5 Å². The quantitative estimate of drug-likeness (QED) is 0.470. The van der Waals surface area contributed by atoms with Crippen LogP contribution in [0, 0.1) is 6.92 Å². The van der Waals surface area contributed by atoms with E-state index in [0.717, 1.165) is 28.4 Å².